The first kappa shape index (κ1) is 23.9. The zero-order valence-corrected chi connectivity index (χ0v) is 23.0. The molecule has 0 spiro atoms. The van der Waals surface area contributed by atoms with Gasteiger partial charge in [0, 0.05) is 32.7 Å². The van der Waals surface area contributed by atoms with Crippen molar-refractivity contribution in [2.45, 2.75) is 6.42 Å². The van der Waals surface area contributed by atoms with E-state index in [0.29, 0.717) is 0 Å². The van der Waals surface area contributed by atoms with Crippen LogP contribution in [0.3, 0.4) is 0 Å². The monoisotopic (exact) mass is 552 g/mol. The molecule has 0 fully saturated rings. The first-order valence-corrected chi connectivity index (χ1v) is 14.4. The molecule has 0 bridgehead atoms. The van der Waals surface area contributed by atoms with Gasteiger partial charge in [-0.15, -0.1) is 0 Å². The highest BCUT2D eigenvalue weighted by molar-refractivity contribution is 6.10. The Labute approximate surface area is 247 Å². The van der Waals surface area contributed by atoms with Crippen molar-refractivity contribution in [2.24, 2.45) is 0 Å². The van der Waals surface area contributed by atoms with Gasteiger partial charge in [0.15, 0.2) is 0 Å². The molecule has 0 amide bonds. The summed E-state index contributed by atoms with van der Waals surface area (Å²) in [5.74, 6) is 0.446. The van der Waals surface area contributed by atoms with E-state index in [1.807, 2.05) is 36.4 Å². The predicted octanol–water partition coefficient (Wildman–Crippen LogP) is 9.41. The Morgan fingerprint density at radius 1 is 0.442 bits per heavy atom. The maximum atomic E-state index is 10.9. The van der Waals surface area contributed by atoms with Crippen molar-refractivity contribution in [3.8, 4) is 45.1 Å². The van der Waals surface area contributed by atoms with Crippen LogP contribution in [0.2, 0.25) is 0 Å². The van der Waals surface area contributed by atoms with Crippen molar-refractivity contribution >= 4 is 43.4 Å². The van der Waals surface area contributed by atoms with Crippen LogP contribution in [0.15, 0.2) is 121 Å². The highest BCUT2D eigenvalue weighted by Crippen LogP contribution is 2.46. The van der Waals surface area contributed by atoms with Gasteiger partial charge < -0.3 is 10.2 Å². The number of pyridine rings is 2. The Balaban J connectivity index is 1.36. The van der Waals surface area contributed by atoms with Gasteiger partial charge in [0.25, 0.3) is 0 Å². The zero-order valence-electron chi connectivity index (χ0n) is 23.0. The van der Waals surface area contributed by atoms with Crippen molar-refractivity contribution in [3.05, 3.63) is 132 Å². The maximum Gasteiger partial charge on any atom is 0.125 e. The highest BCUT2D eigenvalue weighted by Gasteiger charge is 2.26. The summed E-state index contributed by atoms with van der Waals surface area (Å²) in [6, 6.07) is 40.6. The molecule has 2 aromatic heterocycles. The van der Waals surface area contributed by atoms with Crippen molar-refractivity contribution in [2.75, 3.05) is 0 Å². The van der Waals surface area contributed by atoms with E-state index < -0.39 is 0 Å². The lowest BCUT2D eigenvalue weighted by molar-refractivity contribution is 0.481. The molecule has 0 saturated heterocycles. The summed E-state index contributed by atoms with van der Waals surface area (Å²) in [7, 11) is 0. The molecule has 1 aliphatic rings. The fraction of sp³-hybridized carbons (Fsp3) is 0.0256. The maximum absolute atomic E-state index is 10.9. The number of rotatable bonds is 2. The Bertz CT molecular complexity index is 2460. The SMILES string of the molecule is Oc1cccc2ccc3ccc(-c4ccc5c(c4-c4ccc6ccc7cccc(O)c7c6n4)Cc4ccccc4-5)nc3c12. The molecule has 1 aliphatic carbocycles. The molecule has 202 valence electrons. The molecule has 4 nitrogen and oxygen atoms in total. The van der Waals surface area contributed by atoms with E-state index in [1.54, 1.807) is 12.1 Å². The van der Waals surface area contributed by atoms with Crippen LogP contribution in [0.4, 0.5) is 0 Å². The molecule has 43 heavy (non-hydrogen) atoms. The van der Waals surface area contributed by atoms with Gasteiger partial charge in [0.05, 0.1) is 22.4 Å². The first-order chi connectivity index (χ1) is 21.1. The van der Waals surface area contributed by atoms with E-state index in [9.17, 15) is 10.2 Å². The summed E-state index contributed by atoms with van der Waals surface area (Å²) in [5.41, 5.74) is 10.2. The van der Waals surface area contributed by atoms with Crippen LogP contribution in [0.1, 0.15) is 11.1 Å². The summed E-state index contributed by atoms with van der Waals surface area (Å²) in [4.78, 5) is 10.5. The van der Waals surface area contributed by atoms with Gasteiger partial charge in [-0.2, -0.15) is 0 Å². The van der Waals surface area contributed by atoms with Gasteiger partial charge in [-0.1, -0.05) is 97.1 Å². The van der Waals surface area contributed by atoms with Crippen molar-refractivity contribution < 1.29 is 10.2 Å². The van der Waals surface area contributed by atoms with Crippen LogP contribution in [0, 0.1) is 0 Å². The number of aromatic hydroxyl groups is 2. The predicted molar refractivity (Wildman–Crippen MR) is 174 cm³/mol. The second-order valence-corrected chi connectivity index (χ2v) is 11.3. The molecule has 0 radical (unpaired) electrons. The van der Waals surface area contributed by atoms with Crippen LogP contribution >= 0.6 is 0 Å². The second kappa shape index (κ2) is 8.88. The third-order valence-electron chi connectivity index (χ3n) is 8.88. The van der Waals surface area contributed by atoms with E-state index in [2.05, 4.69) is 72.8 Å². The number of phenolic OH excluding ortho intramolecular Hbond substituents is 2. The molecule has 2 N–H and O–H groups in total. The van der Waals surface area contributed by atoms with Gasteiger partial charge in [-0.3, -0.25) is 0 Å². The number of hydrogen-bond acceptors (Lipinski definition) is 4. The minimum atomic E-state index is 0.222. The van der Waals surface area contributed by atoms with Crippen LogP contribution in [-0.4, -0.2) is 20.2 Å². The number of hydrogen-bond donors (Lipinski definition) is 2. The van der Waals surface area contributed by atoms with Gasteiger partial charge in [0.2, 0.25) is 0 Å². The number of nitrogens with zero attached hydrogens (tertiary/aromatic N) is 2. The average molecular weight is 553 g/mol. The fourth-order valence-electron chi connectivity index (χ4n) is 6.88. The summed E-state index contributed by atoms with van der Waals surface area (Å²) in [6.07, 6.45) is 0.798. The quantitative estimate of drug-likeness (QED) is 0.210. The van der Waals surface area contributed by atoms with Crippen molar-refractivity contribution in [1.29, 1.82) is 0 Å². The van der Waals surface area contributed by atoms with Gasteiger partial charge in [-0.25, -0.2) is 9.97 Å². The number of phenols is 2. The molecule has 2 heterocycles. The Hall–Kier alpha value is -5.74. The largest absolute Gasteiger partial charge is 0.507 e. The van der Waals surface area contributed by atoms with Crippen LogP contribution in [-0.2, 0) is 6.42 Å². The fourth-order valence-corrected chi connectivity index (χ4v) is 6.88. The van der Waals surface area contributed by atoms with E-state index in [1.165, 1.54) is 22.3 Å². The summed E-state index contributed by atoms with van der Waals surface area (Å²) < 4.78 is 0. The first-order valence-electron chi connectivity index (χ1n) is 14.4. The summed E-state index contributed by atoms with van der Waals surface area (Å²) in [5, 5.41) is 27.1. The second-order valence-electron chi connectivity index (χ2n) is 11.3. The number of aromatic nitrogens is 2. The molecule has 4 heteroatoms. The van der Waals surface area contributed by atoms with E-state index in [0.717, 1.165) is 72.3 Å². The number of fused-ring (bicyclic) bond motifs is 9. The Kier molecular flexibility index (Phi) is 4.94. The van der Waals surface area contributed by atoms with Crippen molar-refractivity contribution in [3.63, 3.8) is 0 Å². The minimum absolute atomic E-state index is 0.222. The molecule has 0 unspecified atom stereocenters. The van der Waals surface area contributed by atoms with E-state index >= 15 is 0 Å². The number of benzene rings is 6. The summed E-state index contributed by atoms with van der Waals surface area (Å²) >= 11 is 0. The van der Waals surface area contributed by atoms with Crippen molar-refractivity contribution in [1.82, 2.24) is 9.97 Å². The normalized spacial score (nSPS) is 12.3. The van der Waals surface area contributed by atoms with Gasteiger partial charge in [0.1, 0.15) is 11.5 Å². The van der Waals surface area contributed by atoms with Crippen LogP contribution in [0.5, 0.6) is 11.5 Å². The molecule has 0 aliphatic heterocycles. The van der Waals surface area contributed by atoms with Gasteiger partial charge >= 0.3 is 0 Å². The Morgan fingerprint density at radius 2 is 1.00 bits per heavy atom. The topological polar surface area (TPSA) is 66.2 Å². The zero-order chi connectivity index (χ0) is 28.7. The molecule has 0 atom stereocenters. The molecule has 6 aromatic carbocycles. The van der Waals surface area contributed by atoms with E-state index in [4.69, 9.17) is 9.97 Å². The highest BCUT2D eigenvalue weighted by atomic mass is 16.3. The minimum Gasteiger partial charge on any atom is -0.507 e. The third kappa shape index (κ3) is 3.50. The smallest absolute Gasteiger partial charge is 0.125 e. The third-order valence-corrected chi connectivity index (χ3v) is 8.88. The lowest BCUT2D eigenvalue weighted by Crippen LogP contribution is -1.97. The standard InChI is InChI=1S/C39H24N2O2/c42-33-9-3-6-22-11-13-24-15-19-31(40-38(24)35(22)33)29-18-17-28-27-8-2-1-5-26(27)21-30(28)37(29)32-20-16-25-14-12-23-7-4-10-34(43)36(23)39(25)41-32/h1-20,42-43H,21H2. The lowest BCUT2D eigenvalue weighted by Gasteiger charge is -2.16. The van der Waals surface area contributed by atoms with Crippen LogP contribution < -0.4 is 0 Å². The van der Waals surface area contributed by atoms with E-state index in [-0.39, 0.29) is 11.5 Å². The lowest BCUT2D eigenvalue weighted by atomic mass is 9.91. The molecule has 8 aromatic rings. The molecule has 0 saturated carbocycles. The van der Waals surface area contributed by atoms with Crippen LogP contribution in [0.25, 0.3) is 77.0 Å². The molecule has 9 rings (SSSR count). The molecular weight excluding hydrogens is 528 g/mol. The Morgan fingerprint density at radius 3 is 1.70 bits per heavy atom. The molecular formula is C39H24N2O2. The summed E-state index contributed by atoms with van der Waals surface area (Å²) in [6.45, 7) is 0. The van der Waals surface area contributed by atoms with Gasteiger partial charge in [-0.05, 0) is 63.7 Å². The average Bonchev–Trinajstić information content (AvgIpc) is 3.42.